The van der Waals surface area contributed by atoms with Crippen LogP contribution < -0.4 is 9.47 Å². The number of thiophene rings is 1. The number of nitrogens with zero attached hydrogens (tertiary/aromatic N) is 3. The summed E-state index contributed by atoms with van der Waals surface area (Å²) >= 11 is 3.04. The molecule has 4 heterocycles. The van der Waals surface area contributed by atoms with Gasteiger partial charge in [0.25, 0.3) is 0 Å². The number of ether oxygens (including phenoxy) is 2. The van der Waals surface area contributed by atoms with Gasteiger partial charge in [-0.15, -0.1) is 11.3 Å². The summed E-state index contributed by atoms with van der Waals surface area (Å²) in [7, 11) is 0. The summed E-state index contributed by atoms with van der Waals surface area (Å²) in [6, 6.07) is 11.7. The van der Waals surface area contributed by atoms with Crippen LogP contribution in [0.2, 0.25) is 0 Å². The maximum absolute atomic E-state index is 13.0. The largest absolute Gasteiger partial charge is 0.486 e. The van der Waals surface area contributed by atoms with E-state index < -0.39 is 0 Å². The highest BCUT2D eigenvalue weighted by atomic mass is 32.2. The van der Waals surface area contributed by atoms with Crippen LogP contribution in [0.1, 0.15) is 21.7 Å². The monoisotopic (exact) mass is 451 g/mol. The second-order valence-corrected chi connectivity index (χ2v) is 9.28. The lowest BCUT2D eigenvalue weighted by Crippen LogP contribution is -2.33. The molecule has 0 saturated carbocycles. The molecule has 5 rings (SSSR count). The molecule has 1 aliphatic heterocycles. The lowest BCUT2D eigenvalue weighted by molar-refractivity contribution is 0.0777. The highest BCUT2D eigenvalue weighted by molar-refractivity contribution is 8.00. The van der Waals surface area contributed by atoms with Crippen molar-refractivity contribution in [2.45, 2.75) is 31.5 Å². The Morgan fingerprint density at radius 2 is 2.06 bits per heavy atom. The number of aryl methyl sites for hydroxylation is 1. The lowest BCUT2D eigenvalue weighted by atomic mass is 10.2. The van der Waals surface area contributed by atoms with Crippen molar-refractivity contribution < 1.29 is 14.3 Å². The Labute approximate surface area is 188 Å². The SMILES string of the molecule is Cc1cc(C(=O)CSc2ncnc3sccc23)c(C)n1C[C@@H]1COc2ccccc2O1. The molecule has 0 N–H and O–H groups in total. The van der Waals surface area contributed by atoms with E-state index in [1.165, 1.54) is 11.8 Å². The molecule has 1 aliphatic rings. The van der Waals surface area contributed by atoms with Crippen molar-refractivity contribution in [3.05, 3.63) is 65.1 Å². The van der Waals surface area contributed by atoms with E-state index in [9.17, 15) is 4.79 Å². The van der Waals surface area contributed by atoms with Crippen LogP contribution in [0.3, 0.4) is 0 Å². The Morgan fingerprint density at radius 3 is 2.94 bits per heavy atom. The number of fused-ring (bicyclic) bond motifs is 2. The molecular weight excluding hydrogens is 430 g/mol. The Morgan fingerprint density at radius 1 is 1.23 bits per heavy atom. The molecule has 1 atom stereocenters. The minimum absolute atomic E-state index is 0.0949. The van der Waals surface area contributed by atoms with E-state index in [0.29, 0.717) is 18.9 Å². The van der Waals surface area contributed by atoms with Gasteiger partial charge in [-0.25, -0.2) is 9.97 Å². The fraction of sp³-hybridized carbons (Fsp3) is 0.261. The van der Waals surface area contributed by atoms with Gasteiger partial charge in [-0.05, 0) is 43.5 Å². The van der Waals surface area contributed by atoms with Gasteiger partial charge >= 0.3 is 0 Å². The number of hydrogen-bond acceptors (Lipinski definition) is 7. The number of hydrogen-bond donors (Lipinski definition) is 0. The molecule has 0 spiro atoms. The van der Waals surface area contributed by atoms with Crippen molar-refractivity contribution in [1.29, 1.82) is 0 Å². The van der Waals surface area contributed by atoms with Crippen molar-refractivity contribution in [2.24, 2.45) is 0 Å². The number of para-hydroxylation sites is 2. The van der Waals surface area contributed by atoms with Crippen molar-refractivity contribution >= 4 is 39.1 Å². The van der Waals surface area contributed by atoms with Crippen LogP contribution in [0.5, 0.6) is 11.5 Å². The van der Waals surface area contributed by atoms with E-state index in [1.807, 2.05) is 55.6 Å². The van der Waals surface area contributed by atoms with Crippen molar-refractivity contribution in [2.75, 3.05) is 12.4 Å². The van der Waals surface area contributed by atoms with E-state index in [2.05, 4.69) is 14.5 Å². The molecule has 3 aromatic heterocycles. The topological polar surface area (TPSA) is 66.2 Å². The van der Waals surface area contributed by atoms with Crippen LogP contribution in [0.25, 0.3) is 10.2 Å². The third-order valence-electron chi connectivity index (χ3n) is 5.39. The van der Waals surface area contributed by atoms with Gasteiger partial charge in [-0.1, -0.05) is 23.9 Å². The Balaban J connectivity index is 1.29. The van der Waals surface area contributed by atoms with E-state index in [0.717, 1.165) is 43.7 Å². The van der Waals surface area contributed by atoms with Crippen LogP contribution in [-0.2, 0) is 6.54 Å². The molecule has 8 heteroatoms. The molecule has 0 saturated heterocycles. The van der Waals surface area contributed by atoms with Gasteiger partial charge in [0.2, 0.25) is 0 Å². The molecule has 158 valence electrons. The summed E-state index contributed by atoms with van der Waals surface area (Å²) < 4.78 is 14.1. The number of rotatable bonds is 6. The lowest BCUT2D eigenvalue weighted by Gasteiger charge is -2.27. The van der Waals surface area contributed by atoms with E-state index in [-0.39, 0.29) is 11.9 Å². The molecule has 0 bridgehead atoms. The van der Waals surface area contributed by atoms with E-state index in [1.54, 1.807) is 17.7 Å². The number of aromatic nitrogens is 3. The third-order valence-corrected chi connectivity index (χ3v) is 7.22. The van der Waals surface area contributed by atoms with Crippen LogP contribution in [-0.4, -0.2) is 38.8 Å². The predicted molar refractivity (Wildman–Crippen MR) is 123 cm³/mol. The second kappa shape index (κ2) is 8.36. The first-order chi connectivity index (χ1) is 15.1. The van der Waals surface area contributed by atoms with Crippen molar-refractivity contribution in [1.82, 2.24) is 14.5 Å². The van der Waals surface area contributed by atoms with Gasteiger partial charge in [0, 0.05) is 22.3 Å². The first-order valence-electron chi connectivity index (χ1n) is 9.99. The van der Waals surface area contributed by atoms with Gasteiger partial charge in [-0.3, -0.25) is 4.79 Å². The molecule has 6 nitrogen and oxygen atoms in total. The number of carbonyl (C=O) groups excluding carboxylic acids is 1. The standard InChI is InChI=1S/C23H21N3O3S2/c1-14-9-18(19(27)12-31-23-17-7-8-30-22(17)24-13-25-23)15(2)26(14)10-16-11-28-20-5-3-4-6-21(20)29-16/h3-9,13,16H,10-12H2,1-2H3/t16-/m1/s1. The Bertz CT molecular complexity index is 1260. The number of Topliss-reactive ketones (excluding diaryl/α,β-unsaturated/α-hetero) is 1. The summed E-state index contributed by atoms with van der Waals surface area (Å²) in [4.78, 5) is 22.6. The number of benzene rings is 1. The quantitative estimate of drug-likeness (QED) is 0.235. The molecule has 0 fully saturated rings. The fourth-order valence-electron chi connectivity index (χ4n) is 3.82. The first-order valence-corrected chi connectivity index (χ1v) is 11.9. The minimum atomic E-state index is -0.107. The predicted octanol–water partition coefficient (Wildman–Crippen LogP) is 4.92. The molecular formula is C23H21N3O3S2. The number of carbonyl (C=O) groups is 1. The third kappa shape index (κ3) is 3.93. The maximum atomic E-state index is 13.0. The van der Waals surface area contributed by atoms with Gasteiger partial charge < -0.3 is 14.0 Å². The van der Waals surface area contributed by atoms with Gasteiger partial charge in [0.15, 0.2) is 23.4 Å². The highest BCUT2D eigenvalue weighted by Gasteiger charge is 2.24. The molecule has 0 amide bonds. The summed E-state index contributed by atoms with van der Waals surface area (Å²) in [6.07, 6.45) is 1.45. The molecule has 1 aromatic carbocycles. The average molecular weight is 452 g/mol. The van der Waals surface area contributed by atoms with Crippen LogP contribution in [0.4, 0.5) is 0 Å². The zero-order valence-electron chi connectivity index (χ0n) is 17.2. The summed E-state index contributed by atoms with van der Waals surface area (Å²) in [6.45, 7) is 5.13. The van der Waals surface area contributed by atoms with Crippen LogP contribution in [0, 0.1) is 13.8 Å². The molecule has 0 radical (unpaired) electrons. The van der Waals surface area contributed by atoms with Crippen LogP contribution >= 0.6 is 23.1 Å². The second-order valence-electron chi connectivity index (χ2n) is 7.42. The molecule has 0 aliphatic carbocycles. The van der Waals surface area contributed by atoms with E-state index >= 15 is 0 Å². The zero-order chi connectivity index (χ0) is 21.4. The van der Waals surface area contributed by atoms with Gasteiger partial charge in [0.05, 0.1) is 12.3 Å². The summed E-state index contributed by atoms with van der Waals surface area (Å²) in [5, 5.41) is 3.85. The minimum Gasteiger partial charge on any atom is -0.486 e. The first kappa shape index (κ1) is 20.1. The van der Waals surface area contributed by atoms with Crippen LogP contribution in [0.15, 0.2) is 53.1 Å². The highest BCUT2D eigenvalue weighted by Crippen LogP contribution is 2.32. The number of thioether (sulfide) groups is 1. The van der Waals surface area contributed by atoms with Gasteiger partial charge in [-0.2, -0.15) is 0 Å². The average Bonchev–Trinajstić information content (AvgIpc) is 3.38. The summed E-state index contributed by atoms with van der Waals surface area (Å²) in [5.74, 6) is 1.97. The molecule has 4 aromatic rings. The Hall–Kier alpha value is -2.84. The Kier molecular flexibility index (Phi) is 5.41. The smallest absolute Gasteiger partial charge is 0.174 e. The van der Waals surface area contributed by atoms with E-state index in [4.69, 9.17) is 9.47 Å². The fourth-order valence-corrected chi connectivity index (χ4v) is 5.48. The zero-order valence-corrected chi connectivity index (χ0v) is 18.8. The molecule has 0 unspecified atom stereocenters. The molecule has 31 heavy (non-hydrogen) atoms. The van der Waals surface area contributed by atoms with Crippen molar-refractivity contribution in [3.63, 3.8) is 0 Å². The van der Waals surface area contributed by atoms with Crippen molar-refractivity contribution in [3.8, 4) is 11.5 Å². The summed E-state index contributed by atoms with van der Waals surface area (Å²) in [5.41, 5.74) is 2.74. The maximum Gasteiger partial charge on any atom is 0.174 e. The number of ketones is 1. The van der Waals surface area contributed by atoms with Gasteiger partial charge in [0.1, 0.15) is 22.8 Å². The normalized spacial score (nSPS) is 15.4.